The van der Waals surface area contributed by atoms with E-state index in [1.54, 1.807) is 7.11 Å². The van der Waals surface area contributed by atoms with Gasteiger partial charge in [0.2, 0.25) is 0 Å². The van der Waals surface area contributed by atoms with Crippen LogP contribution in [0, 0.1) is 17.8 Å². The molecule has 2 bridgehead atoms. The molecule has 0 aromatic rings. The van der Waals surface area contributed by atoms with E-state index in [9.17, 15) is 20.1 Å². The van der Waals surface area contributed by atoms with Crippen LogP contribution in [0.3, 0.4) is 0 Å². The van der Waals surface area contributed by atoms with Gasteiger partial charge in [-0.05, 0) is 51.4 Å². The summed E-state index contributed by atoms with van der Waals surface area (Å²) in [5.41, 5.74) is 0.901. The van der Waals surface area contributed by atoms with Crippen molar-refractivity contribution in [2.75, 3.05) is 7.11 Å². The zero-order chi connectivity index (χ0) is 25.5. The lowest BCUT2D eigenvalue weighted by molar-refractivity contribution is -0.282. The van der Waals surface area contributed by atoms with E-state index in [0.29, 0.717) is 12.3 Å². The molecule has 2 aliphatic rings. The Morgan fingerprint density at radius 1 is 1.24 bits per heavy atom. The summed E-state index contributed by atoms with van der Waals surface area (Å²) in [6.07, 6.45) is 5.70. The van der Waals surface area contributed by atoms with Gasteiger partial charge < -0.3 is 29.5 Å². The van der Waals surface area contributed by atoms with Gasteiger partial charge in [-0.3, -0.25) is 4.79 Å². The van der Waals surface area contributed by atoms with Gasteiger partial charge in [0.05, 0.1) is 30.8 Å². The van der Waals surface area contributed by atoms with E-state index < -0.39 is 36.2 Å². The Labute approximate surface area is 205 Å². The van der Waals surface area contributed by atoms with Gasteiger partial charge in [-0.15, -0.1) is 0 Å². The van der Waals surface area contributed by atoms with E-state index in [2.05, 4.69) is 13.0 Å². The van der Waals surface area contributed by atoms with Crippen LogP contribution in [0.4, 0.5) is 0 Å². The molecule has 0 saturated carbocycles. The highest BCUT2D eigenvalue weighted by molar-refractivity contribution is 5.70. The first kappa shape index (κ1) is 29.0. The second-order valence-electron chi connectivity index (χ2n) is 10.6. The Kier molecular flexibility index (Phi) is 11.2. The van der Waals surface area contributed by atoms with Crippen molar-refractivity contribution >= 4 is 5.97 Å². The predicted octanol–water partition coefficient (Wildman–Crippen LogP) is 3.90. The third-order valence-electron chi connectivity index (χ3n) is 7.27. The van der Waals surface area contributed by atoms with Crippen LogP contribution in [-0.4, -0.2) is 64.7 Å². The van der Waals surface area contributed by atoms with Gasteiger partial charge in [-0.25, -0.2) is 0 Å². The van der Waals surface area contributed by atoms with Gasteiger partial charge in [0, 0.05) is 25.9 Å². The summed E-state index contributed by atoms with van der Waals surface area (Å²) in [7, 11) is 1.59. The van der Waals surface area contributed by atoms with Gasteiger partial charge in [-0.2, -0.15) is 0 Å². The minimum Gasteiger partial charge on any atom is -0.462 e. The van der Waals surface area contributed by atoms with Gasteiger partial charge in [0.25, 0.3) is 0 Å². The average Bonchev–Trinajstić information content (AvgIpc) is 2.73. The number of hydrogen-bond acceptors (Lipinski definition) is 7. The third-order valence-corrected chi connectivity index (χ3v) is 7.27. The smallest absolute Gasteiger partial charge is 0.311 e. The van der Waals surface area contributed by atoms with E-state index in [-0.39, 0.29) is 43.6 Å². The van der Waals surface area contributed by atoms with Crippen molar-refractivity contribution in [1.82, 2.24) is 0 Å². The summed E-state index contributed by atoms with van der Waals surface area (Å²) in [6.45, 7) is 10.0. The van der Waals surface area contributed by atoms with Gasteiger partial charge >= 0.3 is 5.97 Å². The van der Waals surface area contributed by atoms with E-state index in [1.807, 2.05) is 39.8 Å². The molecule has 34 heavy (non-hydrogen) atoms. The van der Waals surface area contributed by atoms with Crippen LogP contribution in [-0.2, 0) is 19.0 Å². The van der Waals surface area contributed by atoms with Crippen LogP contribution in [0.5, 0.6) is 0 Å². The maximum Gasteiger partial charge on any atom is 0.311 e. The molecule has 7 heteroatoms. The fraction of sp³-hybridized carbons (Fsp3) is 0.815. The lowest BCUT2D eigenvalue weighted by Gasteiger charge is -2.43. The van der Waals surface area contributed by atoms with Gasteiger partial charge in [0.1, 0.15) is 6.10 Å². The number of esters is 1. The van der Waals surface area contributed by atoms with E-state index in [1.165, 1.54) is 0 Å². The monoisotopic (exact) mass is 482 g/mol. The Bertz CT molecular complexity index is 705. The predicted molar refractivity (Wildman–Crippen MR) is 131 cm³/mol. The molecule has 7 nitrogen and oxygen atoms in total. The Hall–Kier alpha value is -1.25. The van der Waals surface area contributed by atoms with Crippen molar-refractivity contribution in [3.8, 4) is 0 Å². The molecule has 2 heterocycles. The first-order valence-electron chi connectivity index (χ1n) is 12.7. The molecule has 1 saturated heterocycles. The van der Waals surface area contributed by atoms with Crippen LogP contribution in [0.15, 0.2) is 23.8 Å². The highest BCUT2D eigenvalue weighted by Gasteiger charge is 2.46. The topological polar surface area (TPSA) is 105 Å². The minimum absolute atomic E-state index is 0.0133. The quantitative estimate of drug-likeness (QED) is 0.389. The standard InChI is InChI=1S/C27H46O7/c1-7-8-17(2)9-10-19(4)23-14-22(29)13-21(28)11-18(3)12-24-20(5)25(32-6)15-27(31,34-24)16-26(30)33-23/h7-8,12,17,19-25,28-29,31H,9-11,13-16H2,1-6H3/b8-7+,18-12-/t17?,19?,20-,21+,22-,23+,24-,25-,27-/m1/s1. The van der Waals surface area contributed by atoms with Crippen molar-refractivity contribution in [1.29, 1.82) is 0 Å². The zero-order valence-corrected chi connectivity index (χ0v) is 21.8. The molecule has 2 rings (SSSR count). The highest BCUT2D eigenvalue weighted by atomic mass is 16.6. The lowest BCUT2D eigenvalue weighted by Crippen LogP contribution is -2.52. The number of hydrogen-bond donors (Lipinski definition) is 3. The summed E-state index contributed by atoms with van der Waals surface area (Å²) < 4.78 is 17.5. The lowest BCUT2D eigenvalue weighted by atomic mass is 9.85. The molecule has 0 aliphatic carbocycles. The number of allylic oxidation sites excluding steroid dienone is 2. The molecule has 1 fully saturated rings. The number of rotatable bonds is 6. The fourth-order valence-corrected chi connectivity index (χ4v) is 5.17. The van der Waals surface area contributed by atoms with Crippen molar-refractivity contribution in [2.24, 2.45) is 17.8 Å². The molecule has 2 aliphatic heterocycles. The molecule has 196 valence electrons. The summed E-state index contributed by atoms with van der Waals surface area (Å²) in [5, 5.41) is 32.5. The molecule has 9 atom stereocenters. The van der Waals surface area contributed by atoms with Crippen molar-refractivity contribution in [3.05, 3.63) is 23.8 Å². The Balaban J connectivity index is 2.26. The highest BCUT2D eigenvalue weighted by Crippen LogP contribution is 2.37. The summed E-state index contributed by atoms with van der Waals surface area (Å²) in [5.74, 6) is -1.89. The Morgan fingerprint density at radius 3 is 2.59 bits per heavy atom. The number of aliphatic hydroxyl groups is 3. The minimum atomic E-state index is -1.71. The number of methoxy groups -OCH3 is 1. The fourth-order valence-electron chi connectivity index (χ4n) is 5.17. The van der Waals surface area contributed by atoms with Gasteiger partial charge in [-0.1, -0.05) is 44.6 Å². The normalized spacial score (nSPS) is 39.6. The number of carbonyl (C=O) groups excluding carboxylic acids is 1. The van der Waals surface area contributed by atoms with Crippen LogP contribution >= 0.6 is 0 Å². The number of carbonyl (C=O) groups is 1. The summed E-state index contributed by atoms with van der Waals surface area (Å²) in [4.78, 5) is 13.0. The Morgan fingerprint density at radius 2 is 1.94 bits per heavy atom. The maximum absolute atomic E-state index is 13.0. The van der Waals surface area contributed by atoms with Crippen LogP contribution in [0.25, 0.3) is 0 Å². The van der Waals surface area contributed by atoms with E-state index in [0.717, 1.165) is 18.4 Å². The largest absolute Gasteiger partial charge is 0.462 e. The molecular formula is C27H46O7. The molecule has 2 unspecified atom stereocenters. The molecule has 0 radical (unpaired) electrons. The number of fused-ring (bicyclic) bond motifs is 2. The first-order chi connectivity index (χ1) is 16.0. The second-order valence-corrected chi connectivity index (χ2v) is 10.6. The summed E-state index contributed by atoms with van der Waals surface area (Å²) >= 11 is 0. The molecular weight excluding hydrogens is 436 g/mol. The van der Waals surface area contributed by atoms with Crippen LogP contribution in [0.2, 0.25) is 0 Å². The van der Waals surface area contributed by atoms with Crippen LogP contribution < -0.4 is 0 Å². The molecule has 3 N–H and O–H groups in total. The average molecular weight is 483 g/mol. The third kappa shape index (κ3) is 8.76. The molecule has 0 amide bonds. The molecule has 0 spiro atoms. The number of cyclic esters (lactones) is 1. The van der Waals surface area contributed by atoms with Crippen LogP contribution in [0.1, 0.15) is 79.6 Å². The van der Waals surface area contributed by atoms with Crippen molar-refractivity contribution < 1.29 is 34.3 Å². The SMILES string of the molecule is C/C=C/C(C)CCC(C)[C@@H]1C[C@H](O)C[C@@H](O)C/C(C)=C\[C@H]2O[C@@](O)(CC(=O)O1)C[C@@H](OC)[C@@H]2C. The number of aliphatic hydroxyl groups excluding tert-OH is 2. The number of ether oxygens (including phenoxy) is 3. The van der Waals surface area contributed by atoms with E-state index in [4.69, 9.17) is 14.2 Å². The van der Waals surface area contributed by atoms with Crippen molar-refractivity contribution in [2.45, 2.75) is 116 Å². The maximum atomic E-state index is 13.0. The van der Waals surface area contributed by atoms with Crippen molar-refractivity contribution in [3.63, 3.8) is 0 Å². The summed E-state index contributed by atoms with van der Waals surface area (Å²) in [6, 6.07) is 0. The van der Waals surface area contributed by atoms with E-state index >= 15 is 0 Å². The van der Waals surface area contributed by atoms with Gasteiger partial charge in [0.15, 0.2) is 5.79 Å². The molecule has 0 aromatic carbocycles. The molecule has 0 aromatic heterocycles. The first-order valence-corrected chi connectivity index (χ1v) is 12.7. The zero-order valence-electron chi connectivity index (χ0n) is 21.8. The second kappa shape index (κ2) is 13.2.